The lowest BCUT2D eigenvalue weighted by Gasteiger charge is -2.34. The zero-order valence-electron chi connectivity index (χ0n) is 13.3. The van der Waals surface area contributed by atoms with Gasteiger partial charge >= 0.3 is 0 Å². The minimum Gasteiger partial charge on any atom is -0.340 e. The molecule has 1 saturated heterocycles. The average Bonchev–Trinajstić information content (AvgIpc) is 3.17. The predicted molar refractivity (Wildman–Crippen MR) is 102 cm³/mol. The van der Waals surface area contributed by atoms with Gasteiger partial charge in [-0.25, -0.2) is 4.98 Å². The fourth-order valence-corrected chi connectivity index (χ4v) is 4.30. The Morgan fingerprint density at radius 2 is 1.96 bits per heavy atom. The van der Waals surface area contributed by atoms with E-state index in [1.54, 1.807) is 17.4 Å². The summed E-state index contributed by atoms with van der Waals surface area (Å²) in [5.74, 6) is -0.0616. The first-order chi connectivity index (χ1) is 12.1. The van der Waals surface area contributed by atoms with Gasteiger partial charge < -0.3 is 9.88 Å². The molecule has 0 atom stereocenters. The van der Waals surface area contributed by atoms with E-state index in [0.717, 1.165) is 30.2 Å². The van der Waals surface area contributed by atoms with E-state index >= 15 is 0 Å². The molecule has 0 spiro atoms. The minimum absolute atomic E-state index is 0.0616. The first-order valence-corrected chi connectivity index (χ1v) is 9.57. The second-order valence-corrected chi connectivity index (χ2v) is 7.89. The van der Waals surface area contributed by atoms with Crippen LogP contribution in [-0.4, -0.2) is 51.9 Å². The van der Waals surface area contributed by atoms with Crippen LogP contribution in [0.1, 0.15) is 15.5 Å². The summed E-state index contributed by atoms with van der Waals surface area (Å²) in [5.41, 5.74) is 1.49. The first kappa shape index (κ1) is 16.8. The number of carbonyl (C=O) groups excluding carboxylic acids is 1. The van der Waals surface area contributed by atoms with Crippen molar-refractivity contribution in [3.63, 3.8) is 0 Å². The van der Waals surface area contributed by atoms with E-state index < -0.39 is 0 Å². The number of carbonyl (C=O) groups is 1. The third kappa shape index (κ3) is 3.53. The Labute approximate surface area is 159 Å². The molecule has 5 nitrogen and oxygen atoms in total. The smallest absolute Gasteiger partial charge is 0.270 e. The van der Waals surface area contributed by atoms with E-state index in [4.69, 9.17) is 23.2 Å². The fraction of sp³-hybridized carbons (Fsp3) is 0.294. The summed E-state index contributed by atoms with van der Waals surface area (Å²) < 4.78 is 1.21. The molecule has 8 heteroatoms. The van der Waals surface area contributed by atoms with Crippen molar-refractivity contribution in [2.24, 2.45) is 0 Å². The molecule has 1 amide bonds. The highest BCUT2D eigenvalue weighted by Gasteiger charge is 2.24. The minimum atomic E-state index is -0.0616. The highest BCUT2D eigenvalue weighted by Crippen LogP contribution is 2.24. The van der Waals surface area contributed by atoms with Gasteiger partial charge in [0.25, 0.3) is 5.91 Å². The van der Waals surface area contributed by atoms with Gasteiger partial charge in [0.15, 0.2) is 0 Å². The lowest BCUT2D eigenvalue weighted by Crippen LogP contribution is -2.48. The number of halogens is 2. The number of benzene rings is 1. The number of nitrogens with one attached hydrogen (secondary N) is 1. The van der Waals surface area contributed by atoms with Crippen LogP contribution in [0.15, 0.2) is 30.3 Å². The number of piperazine rings is 1. The van der Waals surface area contributed by atoms with Crippen molar-refractivity contribution in [1.29, 1.82) is 0 Å². The van der Waals surface area contributed by atoms with Crippen LogP contribution in [0.4, 0.5) is 0 Å². The number of nitrogens with zero attached hydrogens (tertiary/aromatic N) is 3. The van der Waals surface area contributed by atoms with Gasteiger partial charge in [0.2, 0.25) is 0 Å². The van der Waals surface area contributed by atoms with E-state index in [1.807, 2.05) is 23.1 Å². The molecule has 1 aliphatic heterocycles. The molecule has 0 aliphatic carbocycles. The average molecular weight is 395 g/mol. The molecule has 3 heterocycles. The van der Waals surface area contributed by atoms with Gasteiger partial charge in [0.05, 0.1) is 21.8 Å². The number of aromatic nitrogens is 2. The van der Waals surface area contributed by atoms with E-state index in [0.29, 0.717) is 29.0 Å². The highest BCUT2D eigenvalue weighted by molar-refractivity contribution is 7.18. The Balaban J connectivity index is 1.37. The Morgan fingerprint density at radius 1 is 1.20 bits per heavy atom. The van der Waals surface area contributed by atoms with Crippen LogP contribution in [0.25, 0.3) is 10.2 Å². The Hall–Kier alpha value is -1.60. The number of rotatable bonds is 3. The van der Waals surface area contributed by atoms with E-state index in [9.17, 15) is 4.79 Å². The normalized spacial score (nSPS) is 15.8. The molecule has 1 N–H and O–H groups in total. The maximum atomic E-state index is 12.5. The van der Waals surface area contributed by atoms with E-state index in [2.05, 4.69) is 20.9 Å². The maximum Gasteiger partial charge on any atom is 0.270 e. The summed E-state index contributed by atoms with van der Waals surface area (Å²) >= 11 is 13.5. The number of hydrogen-bond acceptors (Lipinski definition) is 4. The van der Waals surface area contributed by atoms with Gasteiger partial charge in [-0.15, -0.1) is 11.3 Å². The SMILES string of the molecule is O=C(c1cc(Cl)c(Cl)[nH]1)N1CCN(Cc2nc3ccccc3s2)CC1. The van der Waals surface area contributed by atoms with Gasteiger partial charge in [-0.3, -0.25) is 9.69 Å². The molecule has 0 bridgehead atoms. The van der Waals surface area contributed by atoms with Crippen LogP contribution >= 0.6 is 34.5 Å². The van der Waals surface area contributed by atoms with Crippen molar-refractivity contribution in [2.75, 3.05) is 26.2 Å². The summed E-state index contributed by atoms with van der Waals surface area (Å²) in [7, 11) is 0. The van der Waals surface area contributed by atoms with Gasteiger partial charge in [-0.05, 0) is 18.2 Å². The number of thiazole rings is 1. The van der Waals surface area contributed by atoms with Crippen molar-refractivity contribution in [1.82, 2.24) is 19.8 Å². The van der Waals surface area contributed by atoms with Crippen LogP contribution in [0.5, 0.6) is 0 Å². The molecule has 1 fully saturated rings. The molecule has 4 rings (SSSR count). The summed E-state index contributed by atoms with van der Waals surface area (Å²) in [5, 5.41) is 1.79. The summed E-state index contributed by atoms with van der Waals surface area (Å²) in [4.78, 5) is 24.2. The Bertz CT molecular complexity index is 862. The number of aromatic amines is 1. The third-order valence-electron chi connectivity index (χ3n) is 4.31. The molecular formula is C17H16Cl2N4OS. The van der Waals surface area contributed by atoms with Crippen molar-refractivity contribution >= 4 is 50.7 Å². The predicted octanol–water partition coefficient (Wildman–Crippen LogP) is 3.89. The van der Waals surface area contributed by atoms with Crippen molar-refractivity contribution in [3.05, 3.63) is 51.2 Å². The molecule has 0 saturated carbocycles. The zero-order chi connectivity index (χ0) is 17.4. The summed E-state index contributed by atoms with van der Waals surface area (Å²) in [6.07, 6.45) is 0. The Kier molecular flexibility index (Phi) is 4.69. The van der Waals surface area contributed by atoms with Crippen LogP contribution in [0.2, 0.25) is 10.2 Å². The molecule has 0 radical (unpaired) electrons. The van der Waals surface area contributed by atoms with E-state index in [-0.39, 0.29) is 5.91 Å². The van der Waals surface area contributed by atoms with Crippen molar-refractivity contribution < 1.29 is 4.79 Å². The van der Waals surface area contributed by atoms with Crippen molar-refractivity contribution in [2.45, 2.75) is 6.54 Å². The third-order valence-corrected chi connectivity index (χ3v) is 6.03. The number of H-pyrrole nitrogens is 1. The highest BCUT2D eigenvalue weighted by atomic mass is 35.5. The second kappa shape index (κ2) is 6.96. The molecule has 1 aromatic carbocycles. The van der Waals surface area contributed by atoms with Crippen LogP contribution in [0, 0.1) is 0 Å². The summed E-state index contributed by atoms with van der Waals surface area (Å²) in [6.45, 7) is 3.82. The molecule has 130 valence electrons. The van der Waals surface area contributed by atoms with Gasteiger partial charge in [-0.1, -0.05) is 35.3 Å². The Morgan fingerprint density at radius 3 is 2.64 bits per heavy atom. The lowest BCUT2D eigenvalue weighted by molar-refractivity contribution is 0.0623. The van der Waals surface area contributed by atoms with E-state index in [1.165, 1.54) is 4.70 Å². The standard InChI is InChI=1S/C17H16Cl2N4OS/c18-11-9-13(21-16(11)19)17(24)23-7-5-22(6-8-23)10-15-20-12-3-1-2-4-14(12)25-15/h1-4,9,21H,5-8,10H2. The molecule has 3 aromatic rings. The molecule has 0 unspecified atom stereocenters. The number of fused-ring (bicyclic) bond motifs is 1. The molecule has 2 aromatic heterocycles. The van der Waals surface area contributed by atoms with Gasteiger partial charge in [-0.2, -0.15) is 0 Å². The van der Waals surface area contributed by atoms with Crippen LogP contribution in [-0.2, 0) is 6.54 Å². The van der Waals surface area contributed by atoms with Gasteiger partial charge in [0.1, 0.15) is 15.9 Å². The second-order valence-electron chi connectivity index (χ2n) is 5.99. The molecular weight excluding hydrogens is 379 g/mol. The monoisotopic (exact) mass is 394 g/mol. The quantitative estimate of drug-likeness (QED) is 0.732. The summed E-state index contributed by atoms with van der Waals surface area (Å²) in [6, 6.07) is 9.77. The zero-order valence-corrected chi connectivity index (χ0v) is 15.7. The van der Waals surface area contributed by atoms with Crippen molar-refractivity contribution in [3.8, 4) is 0 Å². The molecule has 25 heavy (non-hydrogen) atoms. The first-order valence-electron chi connectivity index (χ1n) is 8.00. The number of amides is 1. The van der Waals surface area contributed by atoms with Gasteiger partial charge in [0, 0.05) is 26.2 Å². The fourth-order valence-electron chi connectivity index (χ4n) is 2.98. The molecule has 1 aliphatic rings. The maximum absolute atomic E-state index is 12.5. The topological polar surface area (TPSA) is 52.2 Å². The number of para-hydroxylation sites is 1. The number of hydrogen-bond donors (Lipinski definition) is 1. The lowest BCUT2D eigenvalue weighted by atomic mass is 10.3. The largest absolute Gasteiger partial charge is 0.340 e. The van der Waals surface area contributed by atoms with Crippen LogP contribution < -0.4 is 0 Å². The van der Waals surface area contributed by atoms with Crippen LogP contribution in [0.3, 0.4) is 0 Å².